The van der Waals surface area contributed by atoms with Crippen molar-refractivity contribution in [1.82, 2.24) is 0 Å². The number of Topliss-reactive ketones (excluding diaryl/α,β-unsaturated/α-hetero) is 1. The third-order valence-electron chi connectivity index (χ3n) is 2.43. The van der Waals surface area contributed by atoms with E-state index in [-0.39, 0.29) is 4.88 Å². The molecule has 0 amide bonds. The van der Waals surface area contributed by atoms with Crippen molar-refractivity contribution in [3.8, 4) is 5.06 Å². The van der Waals surface area contributed by atoms with Crippen LogP contribution in [0.4, 0.5) is 0 Å². The van der Waals surface area contributed by atoms with E-state index in [1.165, 1.54) is 6.07 Å². The number of carbonyl (C=O) groups excluding carboxylic acids is 1. The van der Waals surface area contributed by atoms with E-state index in [1.54, 1.807) is 6.07 Å². The van der Waals surface area contributed by atoms with E-state index >= 15 is 0 Å². The number of aliphatic carboxylic acids is 1. The molecule has 2 rings (SSSR count). The van der Waals surface area contributed by atoms with Gasteiger partial charge < -0.3 is 9.84 Å². The van der Waals surface area contributed by atoms with Crippen LogP contribution in [0, 0.1) is 0 Å². The number of hydrogen-bond donors (Lipinski definition) is 1. The summed E-state index contributed by atoms with van der Waals surface area (Å²) in [6.45, 7) is 0.357. The highest BCUT2D eigenvalue weighted by molar-refractivity contribution is 7.16. The smallest absolute Gasteiger partial charge is 0.378 e. The predicted octanol–water partition coefficient (Wildman–Crippen LogP) is 3.11. The molecule has 20 heavy (non-hydrogen) atoms. The van der Waals surface area contributed by atoms with E-state index in [9.17, 15) is 9.59 Å². The van der Waals surface area contributed by atoms with Gasteiger partial charge in [0.25, 0.3) is 5.78 Å². The summed E-state index contributed by atoms with van der Waals surface area (Å²) in [4.78, 5) is 21.9. The zero-order valence-corrected chi connectivity index (χ0v) is 11.3. The van der Waals surface area contributed by atoms with Crippen LogP contribution in [-0.2, 0) is 4.79 Å². The van der Waals surface area contributed by atoms with Gasteiger partial charge in [0, 0.05) is 0 Å². The molecular formula is C15H12O4S. The van der Waals surface area contributed by atoms with Gasteiger partial charge in [-0.3, -0.25) is 4.79 Å². The van der Waals surface area contributed by atoms with E-state index < -0.39 is 11.8 Å². The fourth-order valence-electron chi connectivity index (χ4n) is 1.50. The molecule has 0 aliphatic heterocycles. The molecule has 0 unspecified atom stereocenters. The quantitative estimate of drug-likeness (QED) is 0.655. The topological polar surface area (TPSA) is 63.6 Å². The van der Waals surface area contributed by atoms with Gasteiger partial charge in [-0.05, 0) is 23.8 Å². The van der Waals surface area contributed by atoms with Gasteiger partial charge in [0.2, 0.25) is 0 Å². The van der Waals surface area contributed by atoms with Gasteiger partial charge in [0.1, 0.15) is 6.61 Å². The second-order valence-electron chi connectivity index (χ2n) is 3.88. The van der Waals surface area contributed by atoms with Gasteiger partial charge in [-0.25, -0.2) is 4.79 Å². The molecule has 0 spiro atoms. The number of hydrogen-bond acceptors (Lipinski definition) is 4. The van der Waals surface area contributed by atoms with Crippen LogP contribution in [0.25, 0.3) is 6.08 Å². The van der Waals surface area contributed by atoms with Crippen LogP contribution in [-0.4, -0.2) is 23.5 Å². The number of benzene rings is 1. The maximum Gasteiger partial charge on any atom is 0.378 e. The van der Waals surface area contributed by atoms with E-state index in [1.807, 2.05) is 42.5 Å². The number of rotatable bonds is 6. The van der Waals surface area contributed by atoms with E-state index in [0.29, 0.717) is 11.7 Å². The van der Waals surface area contributed by atoms with Crippen LogP contribution < -0.4 is 4.74 Å². The Morgan fingerprint density at radius 2 is 1.90 bits per heavy atom. The lowest BCUT2D eigenvalue weighted by Gasteiger charge is -1.98. The predicted molar refractivity (Wildman–Crippen MR) is 77.3 cm³/mol. The second-order valence-corrected chi connectivity index (χ2v) is 4.92. The molecule has 0 aliphatic carbocycles. The molecule has 0 bridgehead atoms. The van der Waals surface area contributed by atoms with Gasteiger partial charge in [0.05, 0.1) is 4.88 Å². The molecule has 1 heterocycles. The molecule has 0 saturated heterocycles. The van der Waals surface area contributed by atoms with Gasteiger partial charge in [-0.2, -0.15) is 0 Å². The highest BCUT2D eigenvalue weighted by atomic mass is 32.1. The first-order valence-corrected chi connectivity index (χ1v) is 6.70. The molecule has 1 aromatic heterocycles. The van der Waals surface area contributed by atoms with Gasteiger partial charge in [0.15, 0.2) is 5.06 Å². The average Bonchev–Trinajstić information content (AvgIpc) is 2.92. The molecule has 5 heteroatoms. The van der Waals surface area contributed by atoms with Crippen LogP contribution in [0.1, 0.15) is 15.2 Å². The molecule has 0 saturated carbocycles. The summed E-state index contributed by atoms with van der Waals surface area (Å²) >= 11 is 1.03. The van der Waals surface area contributed by atoms with Crippen molar-refractivity contribution >= 4 is 29.2 Å². The Morgan fingerprint density at radius 1 is 1.15 bits per heavy atom. The lowest BCUT2D eigenvalue weighted by molar-refractivity contribution is -0.131. The highest BCUT2D eigenvalue weighted by Gasteiger charge is 2.16. The number of ether oxygens (including phenoxy) is 1. The fourth-order valence-corrected chi connectivity index (χ4v) is 2.30. The Labute approximate surface area is 119 Å². The van der Waals surface area contributed by atoms with Crippen LogP contribution >= 0.6 is 11.3 Å². The minimum absolute atomic E-state index is 0.166. The van der Waals surface area contributed by atoms with Crippen molar-refractivity contribution < 1.29 is 19.4 Å². The zero-order valence-electron chi connectivity index (χ0n) is 10.5. The number of carboxylic acids is 1. The maximum absolute atomic E-state index is 11.2. The van der Waals surface area contributed by atoms with E-state index in [0.717, 1.165) is 16.9 Å². The summed E-state index contributed by atoms with van der Waals surface area (Å²) in [5.41, 5.74) is 1.07. The van der Waals surface area contributed by atoms with Crippen LogP contribution in [0.3, 0.4) is 0 Å². The Bertz CT molecular complexity index is 628. The average molecular weight is 288 g/mol. The summed E-state index contributed by atoms with van der Waals surface area (Å²) < 4.78 is 5.42. The largest absolute Gasteiger partial charge is 0.480 e. The first kappa shape index (κ1) is 14.0. The molecule has 4 nitrogen and oxygen atoms in total. The highest BCUT2D eigenvalue weighted by Crippen LogP contribution is 2.24. The minimum atomic E-state index is -1.46. The van der Waals surface area contributed by atoms with Gasteiger partial charge >= 0.3 is 5.97 Å². The van der Waals surface area contributed by atoms with Crippen molar-refractivity contribution in [2.24, 2.45) is 0 Å². The molecule has 0 radical (unpaired) electrons. The summed E-state index contributed by atoms with van der Waals surface area (Å²) in [6.07, 6.45) is 3.78. The standard InChI is InChI=1S/C15H12O4S/c16-14(15(17)18)12-8-9-13(20-12)19-10-4-7-11-5-2-1-3-6-11/h1-9H,10H2,(H,17,18)/b7-4-. The summed E-state index contributed by atoms with van der Waals surface area (Å²) in [5.74, 6) is -2.37. The Hall–Kier alpha value is -2.40. The molecule has 0 atom stereocenters. The fraction of sp³-hybridized carbons (Fsp3) is 0.0667. The van der Waals surface area contributed by atoms with Crippen molar-refractivity contribution in [2.75, 3.05) is 6.61 Å². The van der Waals surface area contributed by atoms with Crippen molar-refractivity contribution in [2.45, 2.75) is 0 Å². The van der Waals surface area contributed by atoms with Crippen molar-refractivity contribution in [3.05, 3.63) is 59.0 Å². The van der Waals surface area contributed by atoms with Crippen LogP contribution in [0.5, 0.6) is 5.06 Å². The third-order valence-corrected chi connectivity index (χ3v) is 3.43. The Morgan fingerprint density at radius 3 is 2.60 bits per heavy atom. The summed E-state index contributed by atoms with van der Waals surface area (Å²) in [5, 5.41) is 9.11. The Balaban J connectivity index is 1.87. The normalized spacial score (nSPS) is 10.6. The van der Waals surface area contributed by atoms with Crippen molar-refractivity contribution in [3.63, 3.8) is 0 Å². The molecule has 1 aromatic carbocycles. The van der Waals surface area contributed by atoms with E-state index in [2.05, 4.69) is 0 Å². The van der Waals surface area contributed by atoms with Crippen LogP contribution in [0.15, 0.2) is 48.5 Å². The number of carbonyl (C=O) groups is 2. The number of ketones is 1. The van der Waals surface area contributed by atoms with Gasteiger partial charge in [-0.15, -0.1) is 0 Å². The first-order chi connectivity index (χ1) is 9.66. The molecule has 0 fully saturated rings. The molecule has 1 N–H and O–H groups in total. The summed E-state index contributed by atoms with van der Waals surface area (Å²) in [7, 11) is 0. The molecule has 0 aliphatic rings. The van der Waals surface area contributed by atoms with E-state index in [4.69, 9.17) is 9.84 Å². The van der Waals surface area contributed by atoms with Crippen LogP contribution in [0.2, 0.25) is 0 Å². The molecular weight excluding hydrogens is 276 g/mol. The Kier molecular flexibility index (Phi) is 4.68. The number of thiophene rings is 1. The SMILES string of the molecule is O=C(O)C(=O)c1ccc(OC/C=C\c2ccccc2)s1. The third kappa shape index (κ3) is 3.80. The number of carboxylic acid groups (broad SMARTS) is 1. The zero-order chi connectivity index (χ0) is 14.4. The van der Waals surface area contributed by atoms with Gasteiger partial charge in [-0.1, -0.05) is 47.7 Å². The minimum Gasteiger partial charge on any atom is -0.480 e. The lowest BCUT2D eigenvalue weighted by atomic mass is 10.2. The first-order valence-electron chi connectivity index (χ1n) is 5.88. The van der Waals surface area contributed by atoms with Crippen molar-refractivity contribution in [1.29, 1.82) is 0 Å². The second kappa shape index (κ2) is 6.68. The molecule has 102 valence electrons. The maximum atomic E-state index is 11.2. The lowest BCUT2D eigenvalue weighted by Crippen LogP contribution is -2.10. The summed E-state index contributed by atoms with van der Waals surface area (Å²) in [6, 6.07) is 12.8. The molecule has 2 aromatic rings. The monoisotopic (exact) mass is 288 g/mol.